The highest BCUT2D eigenvalue weighted by Crippen LogP contribution is 2.40. The van der Waals surface area contributed by atoms with Crippen LogP contribution in [0.4, 0.5) is 18.9 Å². The summed E-state index contributed by atoms with van der Waals surface area (Å²) in [5.41, 5.74) is 0.199. The number of alkyl halides is 3. The summed E-state index contributed by atoms with van der Waals surface area (Å²) in [6.07, 6.45) is -1.50. The predicted octanol–water partition coefficient (Wildman–Crippen LogP) is 3.67. The summed E-state index contributed by atoms with van der Waals surface area (Å²) >= 11 is 0. The second-order valence-electron chi connectivity index (χ2n) is 8.54. The maximum absolute atomic E-state index is 12.8. The number of hydrogen-bond donors (Lipinski definition) is 2. The van der Waals surface area contributed by atoms with Crippen molar-refractivity contribution in [2.75, 3.05) is 25.0 Å². The van der Waals surface area contributed by atoms with Crippen molar-refractivity contribution >= 4 is 11.6 Å². The van der Waals surface area contributed by atoms with E-state index in [9.17, 15) is 18.0 Å². The Morgan fingerprint density at radius 2 is 1.86 bits per heavy atom. The molecule has 1 saturated heterocycles. The van der Waals surface area contributed by atoms with Crippen molar-refractivity contribution in [3.63, 3.8) is 0 Å². The first kappa shape index (κ1) is 21.0. The number of carbonyl (C=O) groups is 1. The molecule has 1 heterocycles. The van der Waals surface area contributed by atoms with Crippen molar-refractivity contribution in [1.29, 1.82) is 0 Å². The largest absolute Gasteiger partial charge is 0.416 e. The maximum Gasteiger partial charge on any atom is 0.416 e. The predicted molar refractivity (Wildman–Crippen MR) is 104 cm³/mol. The maximum atomic E-state index is 12.8. The lowest BCUT2D eigenvalue weighted by Crippen LogP contribution is -2.49. The molecule has 1 aliphatic carbocycles. The van der Waals surface area contributed by atoms with Gasteiger partial charge in [0.25, 0.3) is 0 Å². The first-order chi connectivity index (χ1) is 13.2. The number of benzene rings is 1. The zero-order chi connectivity index (χ0) is 20.5. The van der Waals surface area contributed by atoms with E-state index in [1.807, 2.05) is 7.05 Å². The second kappa shape index (κ2) is 8.31. The van der Waals surface area contributed by atoms with Gasteiger partial charge in [-0.2, -0.15) is 13.2 Å². The average molecular weight is 397 g/mol. The number of fused-ring (bicyclic) bond motifs is 1. The van der Waals surface area contributed by atoms with Crippen LogP contribution in [-0.2, 0) is 11.0 Å². The molecule has 2 fully saturated rings. The lowest BCUT2D eigenvalue weighted by atomic mass is 9.97. The van der Waals surface area contributed by atoms with E-state index in [0.717, 1.165) is 50.2 Å². The molecular formula is C21H30F3N3O. The van der Waals surface area contributed by atoms with Crippen molar-refractivity contribution < 1.29 is 18.0 Å². The first-order valence-corrected chi connectivity index (χ1v) is 10.1. The van der Waals surface area contributed by atoms with E-state index >= 15 is 0 Å². The van der Waals surface area contributed by atoms with Crippen LogP contribution in [0.2, 0.25) is 0 Å². The number of carbonyl (C=O) groups excluding carboxylic acids is 1. The summed E-state index contributed by atoms with van der Waals surface area (Å²) < 4.78 is 38.3. The smallest absolute Gasteiger partial charge is 0.371 e. The third-order valence-corrected chi connectivity index (χ3v) is 6.12. The minimum absolute atomic E-state index is 0.0508. The molecule has 0 aromatic heterocycles. The van der Waals surface area contributed by atoms with Gasteiger partial charge in [-0.25, -0.2) is 0 Å². The molecule has 1 aliphatic heterocycles. The van der Waals surface area contributed by atoms with Crippen LogP contribution in [0, 0.1) is 17.8 Å². The lowest BCUT2D eigenvalue weighted by Gasteiger charge is -2.25. The minimum Gasteiger partial charge on any atom is -0.371 e. The van der Waals surface area contributed by atoms with E-state index in [-0.39, 0.29) is 18.0 Å². The van der Waals surface area contributed by atoms with Gasteiger partial charge in [-0.3, -0.25) is 4.79 Å². The van der Waals surface area contributed by atoms with Gasteiger partial charge in [0.2, 0.25) is 5.91 Å². The number of rotatable bonds is 6. The molecule has 0 radical (unpaired) electrons. The Labute approximate surface area is 164 Å². The summed E-state index contributed by atoms with van der Waals surface area (Å²) in [7, 11) is 1.81. The van der Waals surface area contributed by atoms with Gasteiger partial charge in [0.15, 0.2) is 0 Å². The Bertz CT molecular complexity index is 674. The molecule has 28 heavy (non-hydrogen) atoms. The van der Waals surface area contributed by atoms with Crippen molar-refractivity contribution in [3.8, 4) is 0 Å². The van der Waals surface area contributed by atoms with Crippen LogP contribution in [0.3, 0.4) is 0 Å². The average Bonchev–Trinajstić information content (AvgIpc) is 3.21. The topological polar surface area (TPSA) is 44.4 Å². The number of nitrogens with zero attached hydrogens (tertiary/aromatic N) is 1. The number of nitrogens with one attached hydrogen (secondary N) is 2. The van der Waals surface area contributed by atoms with Gasteiger partial charge in [-0.1, -0.05) is 13.8 Å². The van der Waals surface area contributed by atoms with Gasteiger partial charge in [0, 0.05) is 30.7 Å². The zero-order valence-corrected chi connectivity index (χ0v) is 16.7. The summed E-state index contributed by atoms with van der Waals surface area (Å²) in [5.74, 6) is 1.31. The monoisotopic (exact) mass is 397 g/mol. The van der Waals surface area contributed by atoms with E-state index in [0.29, 0.717) is 17.8 Å². The SMILES string of the molecule is CN[C@@H](CC(C)C)C(=O)N[C@@H]1CC[C@H]2CN(c3ccc(C(F)(F)F)cc3)C[C@H]21. The molecular weight excluding hydrogens is 367 g/mol. The number of halogens is 3. The van der Waals surface area contributed by atoms with E-state index in [1.165, 1.54) is 0 Å². The minimum atomic E-state index is -4.31. The van der Waals surface area contributed by atoms with E-state index < -0.39 is 11.7 Å². The van der Waals surface area contributed by atoms with Crippen LogP contribution in [-0.4, -0.2) is 38.1 Å². The highest BCUT2D eigenvalue weighted by molar-refractivity contribution is 5.82. The Kier molecular flexibility index (Phi) is 6.22. The molecule has 156 valence electrons. The number of amides is 1. The molecule has 1 saturated carbocycles. The van der Waals surface area contributed by atoms with Crippen LogP contribution < -0.4 is 15.5 Å². The molecule has 7 heteroatoms. The summed E-state index contributed by atoms with van der Waals surface area (Å²) in [6, 6.07) is 5.35. The summed E-state index contributed by atoms with van der Waals surface area (Å²) in [4.78, 5) is 14.8. The van der Waals surface area contributed by atoms with Crippen molar-refractivity contribution in [2.45, 2.75) is 51.4 Å². The molecule has 4 atom stereocenters. The Morgan fingerprint density at radius 3 is 2.43 bits per heavy atom. The standard InChI is InChI=1S/C21H30F3N3O/c1-13(2)10-19(25-3)20(28)26-18-9-4-14-11-27(12-17(14)18)16-7-5-15(6-8-16)21(22,23)24/h5-8,13-14,17-19,25H,4,9-12H2,1-3H3,(H,26,28)/t14-,17+,18+,19-/m0/s1. The third kappa shape index (κ3) is 4.62. The first-order valence-electron chi connectivity index (χ1n) is 10.1. The number of anilines is 1. The van der Waals surface area contributed by atoms with Gasteiger partial charge in [-0.05, 0) is 62.4 Å². The lowest BCUT2D eigenvalue weighted by molar-refractivity contribution is -0.137. The van der Waals surface area contributed by atoms with Gasteiger partial charge in [0.05, 0.1) is 11.6 Å². The molecule has 1 aromatic carbocycles. The van der Waals surface area contributed by atoms with E-state index in [1.54, 1.807) is 12.1 Å². The van der Waals surface area contributed by atoms with Crippen molar-refractivity contribution in [3.05, 3.63) is 29.8 Å². The van der Waals surface area contributed by atoms with Crippen LogP contribution >= 0.6 is 0 Å². The fourth-order valence-corrected chi connectivity index (χ4v) is 4.63. The van der Waals surface area contributed by atoms with Crippen LogP contribution in [0.5, 0.6) is 0 Å². The molecule has 0 bridgehead atoms. The normalized spacial score (nSPS) is 25.8. The Morgan fingerprint density at radius 1 is 1.18 bits per heavy atom. The highest BCUT2D eigenvalue weighted by atomic mass is 19.4. The molecule has 3 rings (SSSR count). The molecule has 1 amide bonds. The third-order valence-electron chi connectivity index (χ3n) is 6.12. The molecule has 0 unspecified atom stereocenters. The molecule has 2 N–H and O–H groups in total. The molecule has 4 nitrogen and oxygen atoms in total. The summed E-state index contributed by atoms with van der Waals surface area (Å²) in [6.45, 7) is 5.81. The van der Waals surface area contributed by atoms with Gasteiger partial charge in [-0.15, -0.1) is 0 Å². The Hall–Kier alpha value is -1.76. The molecule has 1 aromatic rings. The fourth-order valence-electron chi connectivity index (χ4n) is 4.63. The number of likely N-dealkylation sites (N-methyl/N-ethyl adjacent to an activating group) is 1. The summed E-state index contributed by atoms with van der Waals surface area (Å²) in [5, 5.41) is 6.34. The van der Waals surface area contributed by atoms with E-state index in [4.69, 9.17) is 0 Å². The Balaban J connectivity index is 1.61. The van der Waals surface area contributed by atoms with Gasteiger partial charge in [0.1, 0.15) is 0 Å². The quantitative estimate of drug-likeness (QED) is 0.770. The van der Waals surface area contributed by atoms with Crippen LogP contribution in [0.1, 0.15) is 38.7 Å². The van der Waals surface area contributed by atoms with Crippen molar-refractivity contribution in [2.24, 2.45) is 17.8 Å². The van der Waals surface area contributed by atoms with Crippen LogP contribution in [0.15, 0.2) is 24.3 Å². The van der Waals surface area contributed by atoms with Crippen LogP contribution in [0.25, 0.3) is 0 Å². The molecule has 0 spiro atoms. The fraction of sp³-hybridized carbons (Fsp3) is 0.667. The second-order valence-corrected chi connectivity index (χ2v) is 8.54. The zero-order valence-electron chi connectivity index (χ0n) is 16.7. The highest BCUT2D eigenvalue weighted by Gasteiger charge is 2.43. The molecule has 2 aliphatic rings. The van der Waals surface area contributed by atoms with Gasteiger partial charge < -0.3 is 15.5 Å². The van der Waals surface area contributed by atoms with Gasteiger partial charge >= 0.3 is 6.18 Å². The van der Waals surface area contributed by atoms with E-state index in [2.05, 4.69) is 29.4 Å². The van der Waals surface area contributed by atoms with Crippen molar-refractivity contribution in [1.82, 2.24) is 10.6 Å². The number of hydrogen-bond acceptors (Lipinski definition) is 3.